The Morgan fingerprint density at radius 3 is 2.64 bits per heavy atom. The first-order valence-corrected chi connectivity index (χ1v) is 2.92. The second-order valence-corrected chi connectivity index (χ2v) is 1.98. The summed E-state index contributed by atoms with van der Waals surface area (Å²) in [5.41, 5.74) is 0.246. The SMILES string of the molecule is C=C(C)C(=O)OC/C(O)=C/O. The first kappa shape index (κ1) is 9.55. The van der Waals surface area contributed by atoms with Gasteiger partial charge in [0.05, 0.1) is 0 Å². The number of carbonyl (C=O) groups excluding carboxylic acids is 1. The fourth-order valence-corrected chi connectivity index (χ4v) is 0.300. The van der Waals surface area contributed by atoms with Crippen LogP contribution >= 0.6 is 0 Å². The molecule has 0 aliphatic carbocycles. The van der Waals surface area contributed by atoms with Crippen molar-refractivity contribution in [1.82, 2.24) is 0 Å². The van der Waals surface area contributed by atoms with E-state index in [2.05, 4.69) is 11.3 Å². The molecule has 0 aliphatic rings. The molecular weight excluding hydrogens is 148 g/mol. The number of hydrogen-bond acceptors (Lipinski definition) is 4. The van der Waals surface area contributed by atoms with Crippen molar-refractivity contribution in [3.8, 4) is 0 Å². The highest BCUT2D eigenvalue weighted by molar-refractivity contribution is 5.86. The Hall–Kier alpha value is -1.45. The van der Waals surface area contributed by atoms with Gasteiger partial charge in [-0.15, -0.1) is 0 Å². The molecule has 0 atom stereocenters. The maximum Gasteiger partial charge on any atom is 0.333 e. The van der Waals surface area contributed by atoms with E-state index in [-0.39, 0.29) is 12.2 Å². The predicted octanol–water partition coefficient (Wildman–Crippen LogP) is 1.06. The number of ether oxygens (including phenoxy) is 1. The van der Waals surface area contributed by atoms with Crippen LogP contribution in [-0.4, -0.2) is 22.8 Å². The molecule has 0 fully saturated rings. The molecule has 0 saturated heterocycles. The zero-order valence-electron chi connectivity index (χ0n) is 6.20. The van der Waals surface area contributed by atoms with Gasteiger partial charge in [-0.25, -0.2) is 4.79 Å². The van der Waals surface area contributed by atoms with Gasteiger partial charge in [-0.05, 0) is 6.92 Å². The molecule has 0 spiro atoms. The van der Waals surface area contributed by atoms with Crippen molar-refractivity contribution >= 4 is 5.97 Å². The van der Waals surface area contributed by atoms with Crippen LogP contribution in [0.2, 0.25) is 0 Å². The lowest BCUT2D eigenvalue weighted by atomic mass is 10.4. The minimum Gasteiger partial charge on any atom is -0.512 e. The summed E-state index contributed by atoms with van der Waals surface area (Å²) in [4.78, 5) is 10.6. The summed E-state index contributed by atoms with van der Waals surface area (Å²) >= 11 is 0. The highest BCUT2D eigenvalue weighted by Crippen LogP contribution is 1.94. The number of aliphatic hydroxyl groups is 2. The third-order valence-corrected chi connectivity index (χ3v) is 0.849. The van der Waals surface area contributed by atoms with Gasteiger partial charge in [0.25, 0.3) is 0 Å². The average Bonchev–Trinajstić information content (AvgIpc) is 1.99. The van der Waals surface area contributed by atoms with Crippen molar-refractivity contribution in [2.75, 3.05) is 6.61 Å². The van der Waals surface area contributed by atoms with E-state index in [0.717, 1.165) is 0 Å². The first-order chi connectivity index (χ1) is 5.07. The zero-order valence-corrected chi connectivity index (χ0v) is 6.20. The maximum atomic E-state index is 10.6. The van der Waals surface area contributed by atoms with E-state index in [0.29, 0.717) is 6.26 Å². The largest absolute Gasteiger partial charge is 0.512 e. The number of hydrogen-bond donors (Lipinski definition) is 2. The second kappa shape index (κ2) is 4.38. The average molecular weight is 158 g/mol. The van der Waals surface area contributed by atoms with E-state index in [1.807, 2.05) is 0 Å². The summed E-state index contributed by atoms with van der Waals surface area (Å²) in [5.74, 6) is -1.00. The number of esters is 1. The zero-order chi connectivity index (χ0) is 8.85. The van der Waals surface area contributed by atoms with Crippen molar-refractivity contribution in [3.63, 3.8) is 0 Å². The highest BCUT2D eigenvalue weighted by Gasteiger charge is 2.03. The van der Waals surface area contributed by atoms with E-state index >= 15 is 0 Å². The number of aliphatic hydroxyl groups excluding tert-OH is 2. The van der Waals surface area contributed by atoms with Crippen molar-refractivity contribution in [2.24, 2.45) is 0 Å². The van der Waals surface area contributed by atoms with Crippen LogP contribution in [-0.2, 0) is 9.53 Å². The van der Waals surface area contributed by atoms with Gasteiger partial charge in [-0.2, -0.15) is 0 Å². The molecule has 0 unspecified atom stereocenters. The van der Waals surface area contributed by atoms with Crippen LogP contribution in [0.15, 0.2) is 24.2 Å². The smallest absolute Gasteiger partial charge is 0.333 e. The van der Waals surface area contributed by atoms with E-state index in [4.69, 9.17) is 10.2 Å². The lowest BCUT2D eigenvalue weighted by Crippen LogP contribution is -2.07. The van der Waals surface area contributed by atoms with Crippen LogP contribution in [0.4, 0.5) is 0 Å². The van der Waals surface area contributed by atoms with Crippen molar-refractivity contribution in [1.29, 1.82) is 0 Å². The van der Waals surface area contributed by atoms with Gasteiger partial charge in [0, 0.05) is 5.57 Å². The molecule has 0 rings (SSSR count). The summed E-state index contributed by atoms with van der Waals surface area (Å²) in [5, 5.41) is 16.8. The number of carbonyl (C=O) groups is 1. The molecular formula is C7H10O4. The van der Waals surface area contributed by atoms with Gasteiger partial charge in [0.2, 0.25) is 0 Å². The molecule has 0 heterocycles. The fourth-order valence-electron chi connectivity index (χ4n) is 0.300. The molecule has 0 saturated carbocycles. The Kier molecular flexibility index (Phi) is 3.80. The molecule has 0 aliphatic heterocycles. The maximum absolute atomic E-state index is 10.6. The Morgan fingerprint density at radius 2 is 2.27 bits per heavy atom. The van der Waals surface area contributed by atoms with Crippen LogP contribution in [0.5, 0.6) is 0 Å². The van der Waals surface area contributed by atoms with Gasteiger partial charge in [0.15, 0.2) is 12.4 Å². The van der Waals surface area contributed by atoms with E-state index in [9.17, 15) is 4.79 Å². The van der Waals surface area contributed by atoms with Gasteiger partial charge in [-0.3, -0.25) is 0 Å². The third-order valence-electron chi connectivity index (χ3n) is 0.849. The first-order valence-electron chi connectivity index (χ1n) is 2.92. The summed E-state index contributed by atoms with van der Waals surface area (Å²) in [6.07, 6.45) is 0.464. The topological polar surface area (TPSA) is 66.8 Å². The lowest BCUT2D eigenvalue weighted by molar-refractivity contribution is -0.138. The predicted molar refractivity (Wildman–Crippen MR) is 39.1 cm³/mol. The molecule has 0 aromatic rings. The molecule has 0 radical (unpaired) electrons. The molecule has 0 aromatic carbocycles. The monoisotopic (exact) mass is 158 g/mol. The van der Waals surface area contributed by atoms with E-state index < -0.39 is 11.7 Å². The molecule has 62 valence electrons. The molecule has 4 nitrogen and oxygen atoms in total. The molecule has 0 aromatic heterocycles. The quantitative estimate of drug-likeness (QED) is 0.366. The number of rotatable bonds is 3. The third kappa shape index (κ3) is 4.02. The van der Waals surface area contributed by atoms with Crippen molar-refractivity contribution in [2.45, 2.75) is 6.92 Å². The molecule has 11 heavy (non-hydrogen) atoms. The molecule has 2 N–H and O–H groups in total. The Labute approximate surface area is 64.4 Å². The van der Waals surface area contributed by atoms with Crippen molar-refractivity contribution < 1.29 is 19.7 Å². The van der Waals surface area contributed by atoms with Crippen LogP contribution in [0.1, 0.15) is 6.92 Å². The van der Waals surface area contributed by atoms with Crippen LogP contribution in [0, 0.1) is 0 Å². The summed E-state index contributed by atoms with van der Waals surface area (Å²) in [6.45, 7) is 4.48. The summed E-state index contributed by atoms with van der Waals surface area (Å²) in [6, 6.07) is 0. The minimum absolute atomic E-state index is 0.246. The molecule has 0 amide bonds. The van der Waals surface area contributed by atoms with Gasteiger partial charge >= 0.3 is 5.97 Å². The normalized spacial score (nSPS) is 10.8. The molecule has 4 heteroatoms. The Bertz CT molecular complexity index is 193. The minimum atomic E-state index is -0.599. The van der Waals surface area contributed by atoms with E-state index in [1.165, 1.54) is 6.92 Å². The highest BCUT2D eigenvalue weighted by atomic mass is 16.5. The van der Waals surface area contributed by atoms with Gasteiger partial charge in [-0.1, -0.05) is 6.58 Å². The van der Waals surface area contributed by atoms with Crippen LogP contribution in [0.3, 0.4) is 0 Å². The fraction of sp³-hybridized carbons (Fsp3) is 0.286. The van der Waals surface area contributed by atoms with Crippen LogP contribution < -0.4 is 0 Å². The van der Waals surface area contributed by atoms with E-state index in [1.54, 1.807) is 0 Å². The van der Waals surface area contributed by atoms with Crippen LogP contribution in [0.25, 0.3) is 0 Å². The van der Waals surface area contributed by atoms with Crippen molar-refractivity contribution in [3.05, 3.63) is 24.2 Å². The Morgan fingerprint density at radius 1 is 1.73 bits per heavy atom. The van der Waals surface area contributed by atoms with Gasteiger partial charge in [0.1, 0.15) is 6.26 Å². The van der Waals surface area contributed by atoms with Gasteiger partial charge < -0.3 is 14.9 Å². The second-order valence-electron chi connectivity index (χ2n) is 1.98. The standard InChI is InChI=1S/C7H10O4/c1-5(2)7(10)11-4-6(9)3-8/h3,8-9H,1,4H2,2H3/b6-3-. The summed E-state index contributed by atoms with van der Waals surface area (Å²) < 4.78 is 4.44. The lowest BCUT2D eigenvalue weighted by Gasteiger charge is -2.01. The molecule has 0 bridgehead atoms. The summed E-state index contributed by atoms with van der Waals surface area (Å²) in [7, 11) is 0. The Balaban J connectivity index is 3.72.